The number of amides is 2. The van der Waals surface area contributed by atoms with E-state index in [9.17, 15) is 14.4 Å². The molecule has 38 heavy (non-hydrogen) atoms. The molecule has 4 heterocycles. The number of imide groups is 1. The van der Waals surface area contributed by atoms with Crippen LogP contribution >= 0.6 is 46.3 Å². The van der Waals surface area contributed by atoms with Gasteiger partial charge in [-0.05, 0) is 65.1 Å². The lowest BCUT2D eigenvalue weighted by molar-refractivity contribution is -0.139. The normalized spacial score (nSPS) is 30.8. The summed E-state index contributed by atoms with van der Waals surface area (Å²) in [5.74, 6) is -1.44. The lowest BCUT2D eigenvalue weighted by Crippen LogP contribution is -2.42. The smallest absolute Gasteiger partial charge is 0.305 e. The fraction of sp³-hybridized carbons (Fsp3) is 0.417. The average Bonchev–Trinajstić information content (AvgIpc) is 3.59. The number of thioether (sulfide) groups is 1. The fourth-order valence-electron chi connectivity index (χ4n) is 6.96. The molecule has 2 saturated carbocycles. The number of nitrogens with zero attached hydrogens (tertiary/aromatic N) is 5. The van der Waals surface area contributed by atoms with E-state index in [-0.39, 0.29) is 62.1 Å². The van der Waals surface area contributed by atoms with Gasteiger partial charge in [0.05, 0.1) is 16.9 Å². The molecule has 0 spiro atoms. The van der Waals surface area contributed by atoms with Crippen LogP contribution in [0, 0.1) is 29.6 Å². The topological polar surface area (TPSA) is 124 Å². The molecule has 5 unspecified atom stereocenters. The van der Waals surface area contributed by atoms with E-state index >= 15 is 0 Å². The fourth-order valence-corrected chi connectivity index (χ4v) is 10.2. The van der Waals surface area contributed by atoms with Crippen LogP contribution in [0.3, 0.4) is 0 Å². The number of carbonyl (C=O) groups is 2. The first-order valence-corrected chi connectivity index (χ1v) is 14.5. The lowest BCUT2D eigenvalue weighted by Gasteiger charge is -2.43. The minimum atomic E-state index is -0.449. The third-order valence-electron chi connectivity index (χ3n) is 8.29. The van der Waals surface area contributed by atoms with Gasteiger partial charge in [-0.15, -0.1) is 11.8 Å². The number of benzene rings is 1. The van der Waals surface area contributed by atoms with E-state index in [1.165, 1.54) is 11.3 Å². The standard InChI is InChI=1S/C24H21Cl2N7O3S2/c1-32(2)9-5-3-8(4-6-9)12-13-10-7-11(16(13)37-18-17(12)38-24(36)27-18)15-14(10)19(34)33(20(15)35)31-23-29-21(25)28-22(26)30-23/h3-6,10-16H,7H2,1-2H3,(H,27,36)(H,28,29,30,31)/t10-,11-,12?,13?,14?,15?,16?/m1/s1. The third kappa shape index (κ3) is 3.53. The highest BCUT2D eigenvalue weighted by Crippen LogP contribution is 2.68. The van der Waals surface area contributed by atoms with E-state index < -0.39 is 11.8 Å². The van der Waals surface area contributed by atoms with Crippen LogP contribution in [0.25, 0.3) is 0 Å². The minimum Gasteiger partial charge on any atom is -0.378 e. The Balaban J connectivity index is 1.26. The summed E-state index contributed by atoms with van der Waals surface area (Å²) in [5.41, 5.74) is 4.93. The molecule has 1 saturated heterocycles. The van der Waals surface area contributed by atoms with Gasteiger partial charge in [0.25, 0.3) is 11.8 Å². The summed E-state index contributed by atoms with van der Waals surface area (Å²) in [6.45, 7) is 0. The maximum atomic E-state index is 13.7. The number of rotatable bonds is 4. The second-order valence-corrected chi connectivity index (χ2v) is 13.1. The summed E-state index contributed by atoms with van der Waals surface area (Å²) in [7, 11) is 3.99. The number of aromatic nitrogens is 4. The van der Waals surface area contributed by atoms with E-state index in [4.69, 9.17) is 23.2 Å². The molecule has 2 aliphatic heterocycles. The molecule has 4 aliphatic rings. The first-order valence-electron chi connectivity index (χ1n) is 12.1. The first kappa shape index (κ1) is 24.4. The number of hydrazine groups is 1. The molecule has 3 fully saturated rings. The van der Waals surface area contributed by atoms with Gasteiger partial charge in [0.2, 0.25) is 16.5 Å². The molecule has 7 rings (SSSR count). The summed E-state index contributed by atoms with van der Waals surface area (Å²) >= 11 is 14.7. The van der Waals surface area contributed by atoms with Gasteiger partial charge < -0.3 is 9.88 Å². The van der Waals surface area contributed by atoms with Crippen LogP contribution in [0.4, 0.5) is 11.6 Å². The molecule has 10 nitrogen and oxygen atoms in total. The van der Waals surface area contributed by atoms with Gasteiger partial charge in [-0.2, -0.15) is 20.0 Å². The molecule has 2 aliphatic carbocycles. The zero-order valence-corrected chi connectivity index (χ0v) is 23.2. The number of hydrogen-bond donors (Lipinski definition) is 2. The van der Waals surface area contributed by atoms with Crippen LogP contribution in [0.15, 0.2) is 34.1 Å². The number of thiazole rings is 1. The molecule has 196 valence electrons. The molecule has 0 radical (unpaired) electrons. The molecule has 2 bridgehead atoms. The Morgan fingerprint density at radius 3 is 2.32 bits per heavy atom. The zero-order chi connectivity index (χ0) is 26.5. The number of hydrogen-bond acceptors (Lipinski definition) is 10. The molecular weight excluding hydrogens is 569 g/mol. The highest BCUT2D eigenvalue weighted by atomic mass is 35.5. The van der Waals surface area contributed by atoms with Gasteiger partial charge in [-0.25, -0.2) is 0 Å². The summed E-state index contributed by atoms with van der Waals surface area (Å²) in [5, 5.41) is 1.73. The first-order chi connectivity index (χ1) is 18.2. The Bertz CT molecular complexity index is 1520. The number of H-pyrrole nitrogens is 1. The Hall–Kier alpha value is -2.67. The van der Waals surface area contributed by atoms with E-state index in [1.54, 1.807) is 11.8 Å². The third-order valence-corrected chi connectivity index (χ3v) is 11.2. The van der Waals surface area contributed by atoms with Crippen molar-refractivity contribution in [3.63, 3.8) is 0 Å². The summed E-state index contributed by atoms with van der Waals surface area (Å²) in [4.78, 5) is 57.3. The minimum absolute atomic E-state index is 0.000150. The number of halogens is 2. The molecule has 3 aromatic rings. The number of anilines is 2. The van der Waals surface area contributed by atoms with E-state index in [1.807, 2.05) is 19.0 Å². The van der Waals surface area contributed by atoms with Gasteiger partial charge in [-0.3, -0.25) is 19.8 Å². The van der Waals surface area contributed by atoms with Crippen molar-refractivity contribution in [1.29, 1.82) is 0 Å². The molecule has 2 amide bonds. The predicted octanol–water partition coefficient (Wildman–Crippen LogP) is 3.49. The maximum Gasteiger partial charge on any atom is 0.305 e. The van der Waals surface area contributed by atoms with Crippen molar-refractivity contribution in [3.05, 3.63) is 54.9 Å². The second kappa shape index (κ2) is 8.67. The molecule has 1 aromatic carbocycles. The van der Waals surface area contributed by atoms with Gasteiger partial charge in [0.15, 0.2) is 0 Å². The molecule has 2 N–H and O–H groups in total. The second-order valence-electron chi connectivity index (χ2n) is 10.3. The summed E-state index contributed by atoms with van der Waals surface area (Å²) < 4.78 is 0. The number of nitrogens with one attached hydrogen (secondary N) is 2. The van der Waals surface area contributed by atoms with Crippen LogP contribution in [0.1, 0.15) is 22.8 Å². The van der Waals surface area contributed by atoms with Crippen LogP contribution in [0.2, 0.25) is 10.6 Å². The Morgan fingerprint density at radius 2 is 1.66 bits per heavy atom. The Labute approximate surface area is 235 Å². The highest BCUT2D eigenvalue weighted by molar-refractivity contribution is 8.00. The van der Waals surface area contributed by atoms with E-state index in [2.05, 4.69) is 49.6 Å². The number of carbonyl (C=O) groups excluding carboxylic acids is 2. The number of aromatic amines is 1. The SMILES string of the molecule is CN(C)c1ccc(C2c3sc(=O)[nH]c3SC3C2[C@H]2C[C@@H]3C3C(=O)N(Nc4nc(Cl)nc(Cl)n4)C(=O)C32)cc1. The molecule has 14 heteroatoms. The van der Waals surface area contributed by atoms with E-state index in [0.29, 0.717) is 0 Å². The van der Waals surface area contributed by atoms with Gasteiger partial charge in [0.1, 0.15) is 0 Å². The average molecular weight is 591 g/mol. The van der Waals surface area contributed by atoms with Crippen molar-refractivity contribution in [1.82, 2.24) is 24.9 Å². The van der Waals surface area contributed by atoms with Crippen LogP contribution in [-0.2, 0) is 9.59 Å². The van der Waals surface area contributed by atoms with Gasteiger partial charge >= 0.3 is 4.87 Å². The van der Waals surface area contributed by atoms with Crippen molar-refractivity contribution in [2.45, 2.75) is 22.6 Å². The molecular formula is C24H21Cl2N7O3S2. The van der Waals surface area contributed by atoms with Gasteiger partial charge in [-0.1, -0.05) is 23.5 Å². The van der Waals surface area contributed by atoms with Crippen molar-refractivity contribution in [3.8, 4) is 0 Å². The van der Waals surface area contributed by atoms with Crippen molar-refractivity contribution in [2.75, 3.05) is 24.4 Å². The van der Waals surface area contributed by atoms with Crippen molar-refractivity contribution >= 4 is 69.8 Å². The van der Waals surface area contributed by atoms with Crippen LogP contribution in [0.5, 0.6) is 0 Å². The largest absolute Gasteiger partial charge is 0.378 e. The van der Waals surface area contributed by atoms with Crippen LogP contribution < -0.4 is 15.2 Å². The molecule has 2 aromatic heterocycles. The lowest BCUT2D eigenvalue weighted by atomic mass is 9.68. The number of fused-ring (bicyclic) bond motifs is 9. The predicted molar refractivity (Wildman–Crippen MR) is 145 cm³/mol. The van der Waals surface area contributed by atoms with Crippen molar-refractivity contribution in [2.24, 2.45) is 29.6 Å². The summed E-state index contributed by atoms with van der Waals surface area (Å²) in [6, 6.07) is 8.40. The Morgan fingerprint density at radius 1 is 1.00 bits per heavy atom. The summed E-state index contributed by atoms with van der Waals surface area (Å²) in [6.07, 6.45) is 0.803. The van der Waals surface area contributed by atoms with Crippen LogP contribution in [-0.4, -0.2) is 56.1 Å². The molecule has 7 atom stereocenters. The zero-order valence-electron chi connectivity index (χ0n) is 20.1. The monoisotopic (exact) mass is 589 g/mol. The van der Waals surface area contributed by atoms with Gasteiger partial charge in [0, 0.05) is 35.8 Å². The Kier molecular flexibility index (Phi) is 5.56. The maximum absolute atomic E-state index is 13.7. The quantitative estimate of drug-likeness (QED) is 0.440. The van der Waals surface area contributed by atoms with Crippen molar-refractivity contribution < 1.29 is 9.59 Å². The van der Waals surface area contributed by atoms with E-state index in [0.717, 1.165) is 32.6 Å². The highest BCUT2D eigenvalue weighted by Gasteiger charge is 2.69.